The summed E-state index contributed by atoms with van der Waals surface area (Å²) in [6.07, 6.45) is -1.78. The molecule has 10 heteroatoms. The van der Waals surface area contributed by atoms with Crippen LogP contribution >= 0.6 is 0 Å². The summed E-state index contributed by atoms with van der Waals surface area (Å²) in [4.78, 5) is 18.1. The van der Waals surface area contributed by atoms with Gasteiger partial charge in [0.25, 0.3) is 5.91 Å². The van der Waals surface area contributed by atoms with Crippen LogP contribution in [0, 0.1) is 0 Å². The Kier molecular flexibility index (Phi) is 5.13. The van der Waals surface area contributed by atoms with Crippen LogP contribution < -0.4 is 4.72 Å². The molecule has 1 aromatic heterocycles. The molecule has 6 nitrogen and oxygen atoms in total. The van der Waals surface area contributed by atoms with Gasteiger partial charge in [-0.1, -0.05) is 18.2 Å². The zero-order valence-electron chi connectivity index (χ0n) is 14.5. The van der Waals surface area contributed by atoms with Crippen LogP contribution in [0.4, 0.5) is 13.2 Å². The van der Waals surface area contributed by atoms with E-state index in [1.165, 1.54) is 23.1 Å². The van der Waals surface area contributed by atoms with E-state index < -0.39 is 39.3 Å². The molecule has 27 heavy (non-hydrogen) atoms. The first-order valence-electron chi connectivity index (χ1n) is 8.28. The Labute approximate surface area is 154 Å². The number of likely N-dealkylation sites (tertiary alicyclic amines) is 1. The zero-order valence-corrected chi connectivity index (χ0v) is 15.3. The van der Waals surface area contributed by atoms with E-state index in [-0.39, 0.29) is 24.0 Å². The highest BCUT2D eigenvalue weighted by molar-refractivity contribution is 7.88. The number of hydrogen-bond donors (Lipinski definition) is 1. The van der Waals surface area contributed by atoms with Gasteiger partial charge in [0.15, 0.2) is 0 Å². The first kappa shape index (κ1) is 19.6. The molecule has 2 heterocycles. The molecule has 3 rings (SSSR count). The van der Waals surface area contributed by atoms with Crippen LogP contribution in [-0.2, 0) is 16.2 Å². The van der Waals surface area contributed by atoms with Crippen molar-refractivity contribution in [2.45, 2.75) is 25.1 Å². The minimum Gasteiger partial charge on any atom is -0.337 e. The summed E-state index contributed by atoms with van der Waals surface area (Å²) in [5.41, 5.74) is -1.39. The van der Waals surface area contributed by atoms with E-state index in [1.54, 1.807) is 6.07 Å². The van der Waals surface area contributed by atoms with Gasteiger partial charge in [0, 0.05) is 30.7 Å². The molecule has 1 saturated heterocycles. The second-order valence-electron chi connectivity index (χ2n) is 6.54. The van der Waals surface area contributed by atoms with Gasteiger partial charge < -0.3 is 4.90 Å². The predicted molar refractivity (Wildman–Crippen MR) is 93.7 cm³/mol. The van der Waals surface area contributed by atoms with Gasteiger partial charge in [0.1, 0.15) is 0 Å². The summed E-state index contributed by atoms with van der Waals surface area (Å²) >= 11 is 0. The lowest BCUT2D eigenvalue weighted by molar-refractivity contribution is -0.136. The molecule has 0 saturated carbocycles. The van der Waals surface area contributed by atoms with E-state index in [0.717, 1.165) is 12.5 Å². The Morgan fingerprint density at radius 2 is 2.00 bits per heavy atom. The van der Waals surface area contributed by atoms with Gasteiger partial charge in [-0.05, 0) is 18.9 Å². The number of pyridine rings is 1. The molecule has 1 aliphatic heterocycles. The standard InChI is InChI=1S/C17H18F3N3O3S/c1-27(25,26)22-11-5-4-8-23(10-11)16(24)13-9-21-14-7-3-2-6-12(14)15(13)17(18,19)20/h2-3,6-7,9,11,22H,4-5,8,10H2,1H3. The monoisotopic (exact) mass is 401 g/mol. The fourth-order valence-electron chi connectivity index (χ4n) is 3.34. The van der Waals surface area contributed by atoms with Crippen molar-refractivity contribution >= 4 is 26.8 Å². The van der Waals surface area contributed by atoms with Crippen molar-refractivity contribution in [3.8, 4) is 0 Å². The normalized spacial score (nSPS) is 18.7. The van der Waals surface area contributed by atoms with Crippen LogP contribution in [-0.4, -0.2) is 49.6 Å². The first-order chi connectivity index (χ1) is 12.6. The second kappa shape index (κ2) is 7.08. The number of benzene rings is 1. The third-order valence-corrected chi connectivity index (χ3v) is 5.14. The number of aromatic nitrogens is 1. The number of carbonyl (C=O) groups excluding carboxylic acids is 1. The highest BCUT2D eigenvalue weighted by Gasteiger charge is 2.39. The Balaban J connectivity index is 1.98. The van der Waals surface area contributed by atoms with Gasteiger partial charge >= 0.3 is 6.18 Å². The minimum absolute atomic E-state index is 0.00995. The number of alkyl halides is 3. The highest BCUT2D eigenvalue weighted by Crippen LogP contribution is 2.37. The molecule has 0 radical (unpaired) electrons. The number of piperidine rings is 1. The maximum absolute atomic E-state index is 13.7. The SMILES string of the molecule is CS(=O)(=O)NC1CCCN(C(=O)c2cnc3ccccc3c2C(F)(F)F)C1. The number of nitrogens with zero attached hydrogens (tertiary/aromatic N) is 2. The Bertz CT molecular complexity index is 976. The van der Waals surface area contributed by atoms with Crippen LogP contribution in [0.15, 0.2) is 30.5 Å². The van der Waals surface area contributed by atoms with Crippen LogP contribution in [0.2, 0.25) is 0 Å². The fraction of sp³-hybridized carbons (Fsp3) is 0.412. The molecular formula is C17H18F3N3O3S. The smallest absolute Gasteiger partial charge is 0.337 e. The summed E-state index contributed by atoms with van der Waals surface area (Å²) in [7, 11) is -3.48. The van der Waals surface area contributed by atoms with Crippen molar-refractivity contribution in [1.29, 1.82) is 0 Å². The van der Waals surface area contributed by atoms with Gasteiger partial charge in [0.2, 0.25) is 10.0 Å². The van der Waals surface area contributed by atoms with Crippen molar-refractivity contribution in [3.05, 3.63) is 41.6 Å². The molecule has 1 N–H and O–H groups in total. The summed E-state index contributed by atoms with van der Waals surface area (Å²) in [5.74, 6) is -0.805. The maximum atomic E-state index is 13.7. The lowest BCUT2D eigenvalue weighted by Crippen LogP contribution is -2.49. The number of amides is 1. The van der Waals surface area contributed by atoms with Gasteiger partial charge in [0.05, 0.1) is 22.9 Å². The third-order valence-electron chi connectivity index (χ3n) is 4.38. The Morgan fingerprint density at radius 1 is 1.30 bits per heavy atom. The highest BCUT2D eigenvalue weighted by atomic mass is 32.2. The fourth-order valence-corrected chi connectivity index (χ4v) is 4.14. The molecule has 1 amide bonds. The molecule has 146 valence electrons. The lowest BCUT2D eigenvalue weighted by Gasteiger charge is -2.33. The van der Waals surface area contributed by atoms with Gasteiger partial charge in [-0.25, -0.2) is 13.1 Å². The van der Waals surface area contributed by atoms with Crippen molar-refractivity contribution in [2.75, 3.05) is 19.3 Å². The summed E-state index contributed by atoms with van der Waals surface area (Å²) in [5, 5.41) is -0.140. The molecule has 1 aromatic carbocycles. The quantitative estimate of drug-likeness (QED) is 0.857. The van der Waals surface area contributed by atoms with Crippen LogP contribution in [0.1, 0.15) is 28.8 Å². The molecule has 1 fully saturated rings. The molecule has 2 aromatic rings. The third kappa shape index (κ3) is 4.38. The largest absolute Gasteiger partial charge is 0.417 e. The Morgan fingerprint density at radius 3 is 2.67 bits per heavy atom. The van der Waals surface area contributed by atoms with Crippen molar-refractivity contribution in [3.63, 3.8) is 0 Å². The number of para-hydroxylation sites is 1. The number of halogens is 3. The number of hydrogen-bond acceptors (Lipinski definition) is 4. The lowest BCUT2D eigenvalue weighted by atomic mass is 10.00. The van der Waals surface area contributed by atoms with Crippen LogP contribution in [0.5, 0.6) is 0 Å². The first-order valence-corrected chi connectivity index (χ1v) is 10.2. The van der Waals surface area contributed by atoms with Gasteiger partial charge in [-0.2, -0.15) is 13.2 Å². The zero-order chi connectivity index (χ0) is 19.8. The molecule has 0 spiro atoms. The van der Waals surface area contributed by atoms with E-state index in [4.69, 9.17) is 0 Å². The van der Waals surface area contributed by atoms with E-state index in [1.807, 2.05) is 0 Å². The van der Waals surface area contributed by atoms with Crippen molar-refractivity contribution in [1.82, 2.24) is 14.6 Å². The minimum atomic E-state index is -4.73. The number of sulfonamides is 1. The maximum Gasteiger partial charge on any atom is 0.417 e. The van der Waals surface area contributed by atoms with E-state index >= 15 is 0 Å². The van der Waals surface area contributed by atoms with Crippen LogP contribution in [0.3, 0.4) is 0 Å². The molecule has 1 aliphatic rings. The van der Waals surface area contributed by atoms with Crippen molar-refractivity contribution < 1.29 is 26.4 Å². The number of nitrogens with one attached hydrogen (secondary N) is 1. The molecular weight excluding hydrogens is 383 g/mol. The summed E-state index contributed by atoms with van der Waals surface area (Å²) < 4.78 is 66.4. The van der Waals surface area contributed by atoms with Gasteiger partial charge in [-0.15, -0.1) is 0 Å². The summed E-state index contributed by atoms with van der Waals surface area (Å²) in [6.45, 7) is 0.265. The van der Waals surface area contributed by atoms with E-state index in [0.29, 0.717) is 12.8 Å². The summed E-state index contributed by atoms with van der Waals surface area (Å²) in [6, 6.07) is 5.24. The molecule has 0 aliphatic carbocycles. The molecule has 1 unspecified atom stereocenters. The molecule has 1 atom stereocenters. The number of fused-ring (bicyclic) bond motifs is 1. The van der Waals surface area contributed by atoms with Gasteiger partial charge in [-0.3, -0.25) is 9.78 Å². The molecule has 0 bridgehead atoms. The van der Waals surface area contributed by atoms with E-state index in [2.05, 4.69) is 9.71 Å². The van der Waals surface area contributed by atoms with Crippen LogP contribution in [0.25, 0.3) is 10.9 Å². The topological polar surface area (TPSA) is 79.4 Å². The van der Waals surface area contributed by atoms with Crippen molar-refractivity contribution in [2.24, 2.45) is 0 Å². The van der Waals surface area contributed by atoms with E-state index in [9.17, 15) is 26.4 Å². The number of rotatable bonds is 3. The average Bonchev–Trinajstić information content (AvgIpc) is 2.58. The number of carbonyl (C=O) groups is 1. The second-order valence-corrected chi connectivity index (χ2v) is 8.32. The Hall–Kier alpha value is -2.20. The predicted octanol–water partition coefficient (Wildman–Crippen LogP) is 2.41. The average molecular weight is 401 g/mol.